The van der Waals surface area contributed by atoms with E-state index in [-0.39, 0.29) is 11.3 Å². The van der Waals surface area contributed by atoms with Gasteiger partial charge in [0.25, 0.3) is 0 Å². The predicted molar refractivity (Wildman–Crippen MR) is 92.8 cm³/mol. The van der Waals surface area contributed by atoms with Crippen LogP contribution in [0.1, 0.15) is 50.5 Å². The van der Waals surface area contributed by atoms with Gasteiger partial charge in [-0.3, -0.25) is 4.79 Å². The van der Waals surface area contributed by atoms with E-state index in [1.54, 1.807) is 12.1 Å². The fraction of sp³-hybridized carbons (Fsp3) is 0.250. The Morgan fingerprint density at radius 1 is 0.840 bits per heavy atom. The van der Waals surface area contributed by atoms with Crippen LogP contribution >= 0.6 is 0 Å². The van der Waals surface area contributed by atoms with Gasteiger partial charge in [-0.15, -0.1) is 0 Å². The number of ether oxygens (including phenoxy) is 2. The highest BCUT2D eigenvalue weighted by molar-refractivity contribution is 6.01. The summed E-state index contributed by atoms with van der Waals surface area (Å²) in [5, 5.41) is 0. The fourth-order valence-electron chi connectivity index (χ4n) is 2.28. The Hall–Kier alpha value is -2.95. The van der Waals surface area contributed by atoms with Crippen LogP contribution in [0.5, 0.6) is 0 Å². The van der Waals surface area contributed by atoms with E-state index in [0.29, 0.717) is 11.1 Å². The van der Waals surface area contributed by atoms with E-state index in [4.69, 9.17) is 4.74 Å². The van der Waals surface area contributed by atoms with E-state index in [1.165, 1.54) is 38.3 Å². The summed E-state index contributed by atoms with van der Waals surface area (Å²) >= 11 is 0. The third-order valence-electron chi connectivity index (χ3n) is 3.84. The van der Waals surface area contributed by atoms with Crippen molar-refractivity contribution in [2.45, 2.75) is 26.4 Å². The lowest BCUT2D eigenvalue weighted by atomic mass is 10.0. The van der Waals surface area contributed by atoms with Gasteiger partial charge in [0, 0.05) is 5.56 Å². The first kappa shape index (κ1) is 18.4. The highest BCUT2D eigenvalue weighted by atomic mass is 16.5. The normalized spacial score (nSPS) is 11.5. The zero-order chi connectivity index (χ0) is 18.4. The SMILES string of the molecule is CCc1ccc(C(=O)[C@H](C)OC(=O)c2ccc(C(=O)OC)cc2)cc1. The minimum atomic E-state index is -0.903. The van der Waals surface area contributed by atoms with E-state index < -0.39 is 18.0 Å². The van der Waals surface area contributed by atoms with E-state index in [2.05, 4.69) is 4.74 Å². The molecule has 0 N–H and O–H groups in total. The standard InChI is InChI=1S/C20H20O5/c1-4-14-5-7-15(8-6-14)18(21)13(2)25-20(23)17-11-9-16(10-12-17)19(22)24-3/h5-13H,4H2,1-3H3/t13-/m0/s1. The maximum absolute atomic E-state index is 12.4. The van der Waals surface area contributed by atoms with Crippen LogP contribution in [0.15, 0.2) is 48.5 Å². The molecule has 0 fully saturated rings. The van der Waals surface area contributed by atoms with Crippen molar-refractivity contribution in [3.8, 4) is 0 Å². The average molecular weight is 340 g/mol. The number of benzene rings is 2. The van der Waals surface area contributed by atoms with Crippen LogP contribution in [0.3, 0.4) is 0 Å². The lowest BCUT2D eigenvalue weighted by molar-refractivity contribution is 0.0318. The molecule has 0 aliphatic carbocycles. The third-order valence-corrected chi connectivity index (χ3v) is 3.84. The zero-order valence-electron chi connectivity index (χ0n) is 14.4. The molecule has 130 valence electrons. The van der Waals surface area contributed by atoms with Crippen molar-refractivity contribution in [3.63, 3.8) is 0 Å². The molecular formula is C20H20O5. The minimum absolute atomic E-state index is 0.258. The molecule has 0 saturated heterocycles. The molecule has 0 amide bonds. The number of ketones is 1. The quantitative estimate of drug-likeness (QED) is 0.595. The molecule has 0 heterocycles. The molecule has 2 rings (SSSR count). The summed E-state index contributed by atoms with van der Waals surface area (Å²) in [5.74, 6) is -1.37. The lowest BCUT2D eigenvalue weighted by Gasteiger charge is -2.13. The van der Waals surface area contributed by atoms with Gasteiger partial charge < -0.3 is 9.47 Å². The molecule has 0 spiro atoms. The van der Waals surface area contributed by atoms with Crippen LogP contribution in [0.25, 0.3) is 0 Å². The molecule has 5 nitrogen and oxygen atoms in total. The average Bonchev–Trinajstić information content (AvgIpc) is 2.66. The van der Waals surface area contributed by atoms with Crippen LogP contribution in [0.4, 0.5) is 0 Å². The lowest BCUT2D eigenvalue weighted by Crippen LogP contribution is -2.24. The molecule has 2 aromatic carbocycles. The molecule has 0 aromatic heterocycles. The molecular weight excluding hydrogens is 320 g/mol. The van der Waals surface area contributed by atoms with E-state index in [0.717, 1.165) is 12.0 Å². The molecule has 0 unspecified atom stereocenters. The Morgan fingerprint density at radius 2 is 1.32 bits per heavy atom. The number of esters is 2. The fourth-order valence-corrected chi connectivity index (χ4v) is 2.28. The summed E-state index contributed by atoms with van der Waals surface area (Å²) in [6, 6.07) is 13.1. The van der Waals surface area contributed by atoms with Gasteiger partial charge in [-0.2, -0.15) is 0 Å². The third kappa shape index (κ3) is 4.53. The predicted octanol–water partition coefficient (Wildman–Crippen LogP) is 3.46. The largest absolute Gasteiger partial charge is 0.465 e. The second-order valence-corrected chi connectivity index (χ2v) is 5.53. The van der Waals surface area contributed by atoms with Crippen LogP contribution in [-0.4, -0.2) is 30.9 Å². The number of carbonyl (C=O) groups excluding carboxylic acids is 3. The maximum atomic E-state index is 12.4. The Kier molecular flexibility index (Phi) is 6.06. The first-order valence-corrected chi connectivity index (χ1v) is 7.98. The summed E-state index contributed by atoms with van der Waals surface area (Å²) in [4.78, 5) is 35.9. The Bertz CT molecular complexity index is 760. The Morgan fingerprint density at radius 3 is 1.80 bits per heavy atom. The molecule has 0 radical (unpaired) electrons. The number of Topliss-reactive ketones (excluding diaryl/α,β-unsaturated/α-hetero) is 1. The highest BCUT2D eigenvalue weighted by Crippen LogP contribution is 2.12. The Balaban J connectivity index is 2.03. The number of rotatable bonds is 6. The number of hydrogen-bond acceptors (Lipinski definition) is 5. The molecule has 0 bridgehead atoms. The molecule has 5 heteroatoms. The van der Waals surface area contributed by atoms with Crippen molar-refractivity contribution in [2.75, 3.05) is 7.11 Å². The molecule has 0 saturated carbocycles. The molecule has 25 heavy (non-hydrogen) atoms. The molecule has 0 aliphatic rings. The second kappa shape index (κ2) is 8.24. The van der Waals surface area contributed by atoms with E-state index in [1.807, 2.05) is 19.1 Å². The Labute approximate surface area is 146 Å². The smallest absolute Gasteiger partial charge is 0.338 e. The summed E-state index contributed by atoms with van der Waals surface area (Å²) in [5.41, 5.74) is 2.22. The van der Waals surface area contributed by atoms with Crippen molar-refractivity contribution in [1.29, 1.82) is 0 Å². The molecule has 2 aromatic rings. The number of hydrogen-bond donors (Lipinski definition) is 0. The molecule has 0 aliphatic heterocycles. The first-order chi connectivity index (χ1) is 12.0. The highest BCUT2D eigenvalue weighted by Gasteiger charge is 2.20. The monoisotopic (exact) mass is 340 g/mol. The number of methoxy groups -OCH3 is 1. The number of carbonyl (C=O) groups is 3. The summed E-state index contributed by atoms with van der Waals surface area (Å²) < 4.78 is 9.83. The van der Waals surface area contributed by atoms with Gasteiger partial charge in [0.2, 0.25) is 5.78 Å². The van der Waals surface area contributed by atoms with Gasteiger partial charge in [-0.05, 0) is 43.2 Å². The first-order valence-electron chi connectivity index (χ1n) is 7.98. The van der Waals surface area contributed by atoms with Crippen molar-refractivity contribution >= 4 is 17.7 Å². The van der Waals surface area contributed by atoms with Crippen molar-refractivity contribution in [3.05, 3.63) is 70.8 Å². The number of aryl methyl sites for hydroxylation is 1. The van der Waals surface area contributed by atoms with Gasteiger partial charge in [0.05, 0.1) is 18.2 Å². The van der Waals surface area contributed by atoms with Crippen molar-refractivity contribution in [2.24, 2.45) is 0 Å². The van der Waals surface area contributed by atoms with Gasteiger partial charge in [-0.25, -0.2) is 9.59 Å². The van der Waals surface area contributed by atoms with Crippen LogP contribution in [-0.2, 0) is 15.9 Å². The van der Waals surface area contributed by atoms with E-state index in [9.17, 15) is 14.4 Å². The van der Waals surface area contributed by atoms with Crippen LogP contribution < -0.4 is 0 Å². The topological polar surface area (TPSA) is 69.7 Å². The summed E-state index contributed by atoms with van der Waals surface area (Å²) in [6.45, 7) is 3.57. The zero-order valence-corrected chi connectivity index (χ0v) is 14.4. The van der Waals surface area contributed by atoms with Crippen LogP contribution in [0.2, 0.25) is 0 Å². The summed E-state index contributed by atoms with van der Waals surface area (Å²) in [6.07, 6.45) is -0.0131. The minimum Gasteiger partial charge on any atom is -0.465 e. The molecule has 1 atom stereocenters. The van der Waals surface area contributed by atoms with Crippen molar-refractivity contribution < 1.29 is 23.9 Å². The summed E-state index contributed by atoms with van der Waals surface area (Å²) in [7, 11) is 1.28. The van der Waals surface area contributed by atoms with E-state index >= 15 is 0 Å². The van der Waals surface area contributed by atoms with Crippen molar-refractivity contribution in [1.82, 2.24) is 0 Å². The maximum Gasteiger partial charge on any atom is 0.338 e. The second-order valence-electron chi connectivity index (χ2n) is 5.53. The van der Waals surface area contributed by atoms with Gasteiger partial charge in [0.1, 0.15) is 0 Å². The van der Waals surface area contributed by atoms with Gasteiger partial charge in [0.15, 0.2) is 6.10 Å². The van der Waals surface area contributed by atoms with Crippen LogP contribution in [0, 0.1) is 0 Å². The van der Waals surface area contributed by atoms with Gasteiger partial charge >= 0.3 is 11.9 Å². The van der Waals surface area contributed by atoms with Gasteiger partial charge in [-0.1, -0.05) is 31.2 Å².